The van der Waals surface area contributed by atoms with Gasteiger partial charge < -0.3 is 10.7 Å². The van der Waals surface area contributed by atoms with Gasteiger partial charge in [-0.3, -0.25) is 0 Å². The van der Waals surface area contributed by atoms with E-state index in [1.807, 2.05) is 13.8 Å². The summed E-state index contributed by atoms with van der Waals surface area (Å²) in [5, 5.41) is 3.46. The molecular formula is C5H10N4S. The number of hydrogen-bond acceptors (Lipinski definition) is 3. The minimum atomic E-state index is -0.244. The van der Waals surface area contributed by atoms with E-state index >= 15 is 0 Å². The molecule has 56 valence electrons. The van der Waals surface area contributed by atoms with Gasteiger partial charge in [-0.15, -0.1) is 0 Å². The Labute approximate surface area is 64.9 Å². The van der Waals surface area contributed by atoms with Gasteiger partial charge in [-0.1, -0.05) is 0 Å². The van der Waals surface area contributed by atoms with E-state index in [1.165, 1.54) is 0 Å². The van der Waals surface area contributed by atoms with Crippen LogP contribution in [-0.4, -0.2) is 16.5 Å². The Morgan fingerprint density at radius 1 is 1.70 bits per heavy atom. The first-order valence-electron chi connectivity index (χ1n) is 2.94. The highest BCUT2D eigenvalue weighted by atomic mass is 32.1. The fourth-order valence-electron chi connectivity index (χ4n) is 0.808. The third kappa shape index (κ3) is 1.10. The van der Waals surface area contributed by atoms with Crippen LogP contribution in [0.2, 0.25) is 0 Å². The van der Waals surface area contributed by atoms with Crippen LogP contribution < -0.4 is 16.6 Å². The van der Waals surface area contributed by atoms with Gasteiger partial charge in [0.2, 0.25) is 0 Å². The predicted octanol–water partition coefficient (Wildman–Crippen LogP) is -0.485. The van der Waals surface area contributed by atoms with Crippen molar-refractivity contribution in [2.75, 3.05) is 0 Å². The van der Waals surface area contributed by atoms with E-state index in [0.717, 1.165) is 0 Å². The van der Waals surface area contributed by atoms with Gasteiger partial charge in [0.1, 0.15) is 5.84 Å². The van der Waals surface area contributed by atoms with Gasteiger partial charge >= 0.3 is 0 Å². The average molecular weight is 158 g/mol. The number of rotatable bonds is 0. The van der Waals surface area contributed by atoms with Crippen molar-refractivity contribution in [2.45, 2.75) is 19.4 Å². The van der Waals surface area contributed by atoms with E-state index in [-0.39, 0.29) is 5.54 Å². The maximum absolute atomic E-state index is 5.19. The highest BCUT2D eigenvalue weighted by Crippen LogP contribution is 2.09. The van der Waals surface area contributed by atoms with Crippen molar-refractivity contribution in [1.29, 1.82) is 0 Å². The largest absolute Gasteiger partial charge is 0.349 e. The molecule has 0 aromatic rings. The van der Waals surface area contributed by atoms with Crippen molar-refractivity contribution in [3.05, 3.63) is 0 Å². The molecule has 1 aliphatic rings. The average Bonchev–Trinajstić information content (AvgIpc) is 2.04. The summed E-state index contributed by atoms with van der Waals surface area (Å²) in [7, 11) is 0. The third-order valence-electron chi connectivity index (χ3n) is 1.36. The van der Waals surface area contributed by atoms with E-state index in [1.54, 1.807) is 0 Å². The fourth-order valence-corrected chi connectivity index (χ4v) is 1.15. The summed E-state index contributed by atoms with van der Waals surface area (Å²) in [6, 6.07) is 0. The second kappa shape index (κ2) is 2.17. The molecular weight excluding hydrogens is 148 g/mol. The summed E-state index contributed by atoms with van der Waals surface area (Å²) >= 11 is 4.82. The molecule has 0 aliphatic carbocycles. The first-order valence-corrected chi connectivity index (χ1v) is 3.35. The molecule has 0 aromatic heterocycles. The van der Waals surface area contributed by atoms with Gasteiger partial charge in [-0.2, -0.15) is 0 Å². The molecule has 5 heteroatoms. The van der Waals surface area contributed by atoms with Crippen LogP contribution in [-0.2, 0) is 0 Å². The number of nitrogens with zero attached hydrogens (tertiary/aromatic N) is 1. The highest BCUT2D eigenvalue weighted by molar-refractivity contribution is 7.80. The molecule has 0 spiro atoms. The Balaban J connectivity index is 2.86. The molecule has 1 rings (SSSR count). The number of hydrazine groups is 1. The van der Waals surface area contributed by atoms with E-state index < -0.39 is 0 Å². The van der Waals surface area contributed by atoms with Gasteiger partial charge in [0.05, 0.1) is 5.54 Å². The van der Waals surface area contributed by atoms with Crippen LogP contribution in [0, 0.1) is 0 Å². The number of nitrogens with one attached hydrogen (secondary N) is 2. The lowest BCUT2D eigenvalue weighted by Gasteiger charge is -2.19. The Bertz CT molecular complexity index is 196. The summed E-state index contributed by atoms with van der Waals surface area (Å²) in [5.74, 6) is 5.87. The third-order valence-corrected chi connectivity index (χ3v) is 1.55. The minimum Gasteiger partial charge on any atom is -0.349 e. The van der Waals surface area contributed by atoms with Crippen molar-refractivity contribution < 1.29 is 0 Å². The molecule has 0 saturated heterocycles. The van der Waals surface area contributed by atoms with Crippen LogP contribution in [0.25, 0.3) is 0 Å². The minimum absolute atomic E-state index is 0.244. The zero-order valence-electron chi connectivity index (χ0n) is 5.93. The Kier molecular flexibility index (Phi) is 1.61. The van der Waals surface area contributed by atoms with Crippen LogP contribution in [0.1, 0.15) is 13.8 Å². The second-order valence-corrected chi connectivity index (χ2v) is 3.05. The summed E-state index contributed by atoms with van der Waals surface area (Å²) < 4.78 is 0. The predicted molar refractivity (Wildman–Crippen MR) is 44.6 cm³/mol. The Hall–Kier alpha value is -0.680. The number of aliphatic imine (C=N–C) groups is 1. The van der Waals surface area contributed by atoms with Crippen LogP contribution in [0.4, 0.5) is 0 Å². The molecule has 0 unspecified atom stereocenters. The van der Waals surface area contributed by atoms with Crippen LogP contribution in [0.5, 0.6) is 0 Å². The van der Waals surface area contributed by atoms with Crippen molar-refractivity contribution >= 4 is 23.2 Å². The molecule has 0 atom stereocenters. The normalized spacial score (nSPS) is 21.9. The standard InChI is InChI=1S/C5H10N4S/c1-5(2)3(9-6)7-4(10)8-5/h6H2,1-2H3,(H2,7,8,9,10). The zero-order chi connectivity index (χ0) is 7.78. The van der Waals surface area contributed by atoms with Crippen molar-refractivity contribution in [1.82, 2.24) is 10.7 Å². The maximum atomic E-state index is 5.19. The van der Waals surface area contributed by atoms with Gasteiger partial charge in [-0.05, 0) is 26.1 Å². The van der Waals surface area contributed by atoms with E-state index in [0.29, 0.717) is 10.9 Å². The smallest absolute Gasteiger partial charge is 0.195 e. The van der Waals surface area contributed by atoms with Crippen molar-refractivity contribution in [3.8, 4) is 0 Å². The molecule has 0 radical (unpaired) electrons. The SMILES string of the molecule is CC1(C)NC(=S)N=C1NN. The summed E-state index contributed by atoms with van der Waals surface area (Å²) in [6.45, 7) is 3.90. The molecule has 0 amide bonds. The summed E-state index contributed by atoms with van der Waals surface area (Å²) in [4.78, 5) is 3.96. The Morgan fingerprint density at radius 2 is 2.30 bits per heavy atom. The number of amidine groups is 1. The summed E-state index contributed by atoms with van der Waals surface area (Å²) in [6.07, 6.45) is 0. The number of hydrogen-bond donors (Lipinski definition) is 3. The molecule has 0 saturated carbocycles. The lowest BCUT2D eigenvalue weighted by atomic mass is 10.1. The molecule has 1 heterocycles. The van der Waals surface area contributed by atoms with Gasteiger partial charge in [0.25, 0.3) is 0 Å². The quantitative estimate of drug-likeness (QED) is 0.253. The lowest BCUT2D eigenvalue weighted by molar-refractivity contribution is 0.617. The van der Waals surface area contributed by atoms with Gasteiger partial charge in [0.15, 0.2) is 5.11 Å². The van der Waals surface area contributed by atoms with Crippen LogP contribution >= 0.6 is 12.2 Å². The van der Waals surface area contributed by atoms with Gasteiger partial charge in [0, 0.05) is 0 Å². The van der Waals surface area contributed by atoms with E-state index in [4.69, 9.17) is 18.1 Å². The van der Waals surface area contributed by atoms with Crippen LogP contribution in [0.15, 0.2) is 4.99 Å². The Morgan fingerprint density at radius 3 is 2.50 bits per heavy atom. The zero-order valence-corrected chi connectivity index (χ0v) is 6.75. The first kappa shape index (κ1) is 7.43. The molecule has 0 aromatic carbocycles. The van der Waals surface area contributed by atoms with E-state index in [2.05, 4.69) is 15.7 Å². The number of nitrogens with two attached hydrogens (primary N) is 1. The lowest BCUT2D eigenvalue weighted by Crippen LogP contribution is -2.50. The van der Waals surface area contributed by atoms with Crippen molar-refractivity contribution in [2.24, 2.45) is 10.8 Å². The second-order valence-electron chi connectivity index (χ2n) is 2.66. The molecule has 10 heavy (non-hydrogen) atoms. The van der Waals surface area contributed by atoms with Crippen LogP contribution in [0.3, 0.4) is 0 Å². The van der Waals surface area contributed by atoms with Crippen molar-refractivity contribution in [3.63, 3.8) is 0 Å². The monoisotopic (exact) mass is 158 g/mol. The van der Waals surface area contributed by atoms with E-state index in [9.17, 15) is 0 Å². The summed E-state index contributed by atoms with van der Waals surface area (Å²) in [5.41, 5.74) is 2.24. The molecule has 4 N–H and O–H groups in total. The first-order chi connectivity index (χ1) is 4.56. The molecule has 1 aliphatic heterocycles. The van der Waals surface area contributed by atoms with Gasteiger partial charge in [-0.25, -0.2) is 10.8 Å². The topological polar surface area (TPSA) is 62.4 Å². The maximum Gasteiger partial charge on any atom is 0.195 e. The molecule has 0 fully saturated rings. The molecule has 4 nitrogen and oxygen atoms in total. The number of thiocarbonyl (C=S) groups is 1. The highest BCUT2D eigenvalue weighted by Gasteiger charge is 2.30. The fraction of sp³-hybridized carbons (Fsp3) is 0.600. The molecule has 0 bridgehead atoms.